The minimum atomic E-state index is 0.856. The molecule has 0 aliphatic carbocycles. The van der Waals surface area contributed by atoms with Crippen molar-refractivity contribution in [3.63, 3.8) is 0 Å². The van der Waals surface area contributed by atoms with Gasteiger partial charge in [-0.25, -0.2) is 0 Å². The zero-order chi connectivity index (χ0) is 42.4. The van der Waals surface area contributed by atoms with Crippen molar-refractivity contribution >= 4 is 60.5 Å². The summed E-state index contributed by atoms with van der Waals surface area (Å²) in [6.07, 6.45) is 0. The van der Waals surface area contributed by atoms with E-state index in [1.165, 1.54) is 54.9 Å². The first-order chi connectivity index (χ1) is 31.7. The van der Waals surface area contributed by atoms with E-state index < -0.39 is 0 Å². The molecule has 2 heteroatoms. The van der Waals surface area contributed by atoms with Gasteiger partial charge in [0, 0.05) is 33.8 Å². The first-order valence-corrected chi connectivity index (χ1v) is 21.9. The van der Waals surface area contributed by atoms with E-state index in [0.717, 1.165) is 61.3 Å². The van der Waals surface area contributed by atoms with Crippen LogP contribution in [0.15, 0.2) is 253 Å². The lowest BCUT2D eigenvalue weighted by Gasteiger charge is -2.28. The number of benzene rings is 11. The molecule has 0 N–H and O–H groups in total. The number of rotatable bonds is 8. The highest BCUT2D eigenvalue weighted by Gasteiger charge is 2.21. The second kappa shape index (κ2) is 15.8. The van der Waals surface area contributed by atoms with E-state index >= 15 is 0 Å². The van der Waals surface area contributed by atoms with Gasteiger partial charge in [-0.2, -0.15) is 0 Å². The van der Waals surface area contributed by atoms with Gasteiger partial charge in [-0.1, -0.05) is 200 Å². The average Bonchev–Trinajstić information content (AvgIpc) is 3.75. The molecule has 1 heterocycles. The smallest absolute Gasteiger partial charge is 0.137 e. The van der Waals surface area contributed by atoms with Crippen LogP contribution in [0, 0.1) is 0 Å². The van der Waals surface area contributed by atoms with Crippen LogP contribution in [0.4, 0.5) is 17.1 Å². The van der Waals surface area contributed by atoms with Crippen molar-refractivity contribution in [1.82, 2.24) is 0 Å². The predicted octanol–water partition coefficient (Wildman–Crippen LogP) is 17.7. The molecule has 0 saturated carbocycles. The molecule has 2 nitrogen and oxygen atoms in total. The lowest BCUT2D eigenvalue weighted by Crippen LogP contribution is -2.11. The maximum absolute atomic E-state index is 6.51. The third-order valence-corrected chi connectivity index (χ3v) is 12.7. The molecule has 0 aliphatic rings. The Balaban J connectivity index is 1.03. The molecule has 11 aromatic carbocycles. The van der Waals surface area contributed by atoms with Crippen LogP contribution in [-0.4, -0.2) is 0 Å². The van der Waals surface area contributed by atoms with Gasteiger partial charge in [-0.3, -0.25) is 0 Å². The molecule has 0 fully saturated rings. The number of anilines is 3. The molecule has 1 aromatic heterocycles. The fourth-order valence-electron chi connectivity index (χ4n) is 9.69. The summed E-state index contributed by atoms with van der Waals surface area (Å²) in [7, 11) is 0. The second-order valence-corrected chi connectivity index (χ2v) is 16.4. The highest BCUT2D eigenvalue weighted by atomic mass is 16.3. The zero-order valence-electron chi connectivity index (χ0n) is 35.0. The second-order valence-electron chi connectivity index (χ2n) is 16.4. The van der Waals surface area contributed by atoms with Gasteiger partial charge in [-0.15, -0.1) is 0 Å². The van der Waals surface area contributed by atoms with Crippen LogP contribution in [-0.2, 0) is 0 Å². The van der Waals surface area contributed by atoms with Crippen LogP contribution >= 0.6 is 0 Å². The van der Waals surface area contributed by atoms with Crippen LogP contribution in [0.1, 0.15) is 0 Å². The van der Waals surface area contributed by atoms with Gasteiger partial charge in [0.1, 0.15) is 11.2 Å². The van der Waals surface area contributed by atoms with Crippen LogP contribution < -0.4 is 4.90 Å². The average molecular weight is 816 g/mol. The van der Waals surface area contributed by atoms with Crippen LogP contribution in [0.5, 0.6) is 0 Å². The molecule has 0 amide bonds. The Morgan fingerprint density at radius 3 is 1.47 bits per heavy atom. The number of hydrogen-bond donors (Lipinski definition) is 0. The molecule has 0 saturated heterocycles. The molecule has 64 heavy (non-hydrogen) atoms. The van der Waals surface area contributed by atoms with Crippen molar-refractivity contribution in [3.8, 4) is 55.6 Å². The van der Waals surface area contributed by atoms with E-state index in [1.807, 2.05) is 12.1 Å². The minimum Gasteiger partial charge on any atom is -0.456 e. The van der Waals surface area contributed by atoms with E-state index in [9.17, 15) is 0 Å². The lowest BCUT2D eigenvalue weighted by molar-refractivity contribution is 0.669. The zero-order valence-corrected chi connectivity index (χ0v) is 35.0. The Morgan fingerprint density at radius 1 is 0.250 bits per heavy atom. The Kier molecular flexibility index (Phi) is 9.20. The highest BCUT2D eigenvalue weighted by Crippen LogP contribution is 2.47. The Hall–Kier alpha value is -8.46. The summed E-state index contributed by atoms with van der Waals surface area (Å²) in [5.41, 5.74) is 16.7. The summed E-state index contributed by atoms with van der Waals surface area (Å²) in [6.45, 7) is 0. The molecule has 0 aliphatic heterocycles. The number of para-hydroxylation sites is 2. The van der Waals surface area contributed by atoms with E-state index in [4.69, 9.17) is 4.42 Å². The first-order valence-electron chi connectivity index (χ1n) is 21.9. The Morgan fingerprint density at radius 2 is 0.734 bits per heavy atom. The topological polar surface area (TPSA) is 16.4 Å². The van der Waals surface area contributed by atoms with Gasteiger partial charge >= 0.3 is 0 Å². The number of hydrogen-bond acceptors (Lipinski definition) is 2. The third kappa shape index (κ3) is 6.52. The van der Waals surface area contributed by atoms with E-state index in [2.05, 4.69) is 241 Å². The molecule has 0 bridgehead atoms. The molecule has 300 valence electrons. The Bertz CT molecular complexity index is 3660. The SMILES string of the molecule is c1ccc(-c2ccc(-c3ccccc3N(c3cccc(-c4cccc(-c5c(-c6ccccc6)c6ccccc6c6ccccc56)c4)c3)c3ccc4c(c3)oc3ccccc34)cc2)cc1. The minimum absolute atomic E-state index is 0.856. The maximum atomic E-state index is 6.51. The van der Waals surface area contributed by atoms with Crippen molar-refractivity contribution in [2.75, 3.05) is 4.90 Å². The largest absolute Gasteiger partial charge is 0.456 e. The van der Waals surface area contributed by atoms with Crippen molar-refractivity contribution in [3.05, 3.63) is 249 Å². The standard InChI is InChI=1S/C62H41NO/c1-3-17-42(18-4-1)43-33-35-44(36-34-43)51-25-11-13-31-58(51)63(50-37-38-55-54-28-12-14-32-59(54)64-60(55)41-50)49-24-16-22-47(40-49)46-21-15-23-48(39-46)62-57-30-10-8-27-53(57)52-26-7-9-29-56(52)61(62)45-19-5-2-6-20-45/h1-41H. The van der Waals surface area contributed by atoms with Crippen LogP contribution in [0.3, 0.4) is 0 Å². The van der Waals surface area contributed by atoms with Crippen LogP contribution in [0.2, 0.25) is 0 Å². The van der Waals surface area contributed by atoms with Crippen molar-refractivity contribution in [1.29, 1.82) is 0 Å². The summed E-state index contributed by atoms with van der Waals surface area (Å²) in [5.74, 6) is 0. The van der Waals surface area contributed by atoms with Gasteiger partial charge in [0.05, 0.1) is 5.69 Å². The van der Waals surface area contributed by atoms with Crippen molar-refractivity contribution in [2.24, 2.45) is 0 Å². The monoisotopic (exact) mass is 815 g/mol. The van der Waals surface area contributed by atoms with Crippen molar-refractivity contribution < 1.29 is 4.42 Å². The number of fused-ring (bicyclic) bond motifs is 6. The Labute approximate surface area is 372 Å². The highest BCUT2D eigenvalue weighted by molar-refractivity contribution is 6.21. The summed E-state index contributed by atoms with van der Waals surface area (Å²) in [5, 5.41) is 7.23. The fraction of sp³-hybridized carbons (Fsp3) is 0. The molecular formula is C62H41NO. The fourth-order valence-corrected chi connectivity index (χ4v) is 9.69. The van der Waals surface area contributed by atoms with E-state index in [0.29, 0.717) is 0 Å². The van der Waals surface area contributed by atoms with Gasteiger partial charge < -0.3 is 9.32 Å². The van der Waals surface area contributed by atoms with Gasteiger partial charge in [0.15, 0.2) is 0 Å². The van der Waals surface area contributed by atoms with Gasteiger partial charge in [-0.05, 0) is 114 Å². The molecule has 0 atom stereocenters. The quantitative estimate of drug-likeness (QED) is 0.142. The van der Waals surface area contributed by atoms with Gasteiger partial charge in [0.2, 0.25) is 0 Å². The van der Waals surface area contributed by atoms with Gasteiger partial charge in [0.25, 0.3) is 0 Å². The molecule has 0 spiro atoms. The molecule has 0 radical (unpaired) electrons. The first kappa shape index (κ1) is 37.3. The number of nitrogens with zero attached hydrogens (tertiary/aromatic N) is 1. The molecular weight excluding hydrogens is 775 g/mol. The molecule has 12 aromatic rings. The summed E-state index contributed by atoms with van der Waals surface area (Å²) < 4.78 is 6.51. The van der Waals surface area contributed by atoms with Crippen molar-refractivity contribution in [2.45, 2.75) is 0 Å². The predicted molar refractivity (Wildman–Crippen MR) is 271 cm³/mol. The van der Waals surface area contributed by atoms with E-state index in [1.54, 1.807) is 0 Å². The lowest BCUT2D eigenvalue weighted by atomic mass is 9.84. The third-order valence-electron chi connectivity index (χ3n) is 12.7. The summed E-state index contributed by atoms with van der Waals surface area (Å²) in [4.78, 5) is 2.38. The summed E-state index contributed by atoms with van der Waals surface area (Å²) >= 11 is 0. The molecule has 12 rings (SSSR count). The van der Waals surface area contributed by atoms with E-state index in [-0.39, 0.29) is 0 Å². The van der Waals surface area contributed by atoms with Crippen LogP contribution in [0.25, 0.3) is 99.1 Å². The maximum Gasteiger partial charge on any atom is 0.137 e. The molecule has 0 unspecified atom stereocenters. The number of furan rings is 1. The summed E-state index contributed by atoms with van der Waals surface area (Å²) in [6, 6.07) is 89.7. The normalized spacial score (nSPS) is 11.4.